The first-order valence-electron chi connectivity index (χ1n) is 10.6. The van der Waals surface area contributed by atoms with Gasteiger partial charge in [-0.05, 0) is 53.6 Å². The van der Waals surface area contributed by atoms with Crippen molar-refractivity contribution in [2.45, 2.75) is 16.7 Å². The lowest BCUT2D eigenvalue weighted by atomic mass is 10.1. The Labute approximate surface area is 193 Å². The van der Waals surface area contributed by atoms with Crippen molar-refractivity contribution >= 4 is 41.7 Å². The molecule has 5 rings (SSSR count). The van der Waals surface area contributed by atoms with Crippen LogP contribution in [-0.2, 0) is 20.0 Å². The van der Waals surface area contributed by atoms with E-state index in [-0.39, 0.29) is 36.0 Å². The number of pyridine rings is 1. The fourth-order valence-electron chi connectivity index (χ4n) is 4.28. The summed E-state index contributed by atoms with van der Waals surface area (Å²) < 4.78 is 56.0. The molecule has 2 heterocycles. The number of aryl methyl sites for hydroxylation is 1. The maximum absolute atomic E-state index is 13.4. The molecule has 0 unspecified atom stereocenters. The van der Waals surface area contributed by atoms with E-state index in [4.69, 9.17) is 0 Å². The zero-order chi connectivity index (χ0) is 23.2. The van der Waals surface area contributed by atoms with Gasteiger partial charge in [0.25, 0.3) is 0 Å². The maximum atomic E-state index is 13.4. The molecule has 1 saturated heterocycles. The third-order valence-corrected chi connectivity index (χ3v) is 9.96. The van der Waals surface area contributed by atoms with Gasteiger partial charge in [0, 0.05) is 37.8 Å². The predicted octanol–water partition coefficient (Wildman–Crippen LogP) is 3.39. The Morgan fingerprint density at radius 1 is 0.727 bits per heavy atom. The average Bonchev–Trinajstić information content (AvgIpc) is 2.84. The van der Waals surface area contributed by atoms with Crippen LogP contribution in [0.4, 0.5) is 0 Å². The molecule has 0 saturated carbocycles. The van der Waals surface area contributed by atoms with Crippen molar-refractivity contribution in [1.29, 1.82) is 0 Å². The predicted molar refractivity (Wildman–Crippen MR) is 128 cm³/mol. The van der Waals surface area contributed by atoms with Crippen LogP contribution in [0, 0.1) is 6.92 Å². The van der Waals surface area contributed by atoms with E-state index in [1.54, 1.807) is 48.7 Å². The molecule has 0 radical (unpaired) electrons. The van der Waals surface area contributed by atoms with Gasteiger partial charge in [0.05, 0.1) is 15.3 Å². The highest BCUT2D eigenvalue weighted by Gasteiger charge is 2.34. The zero-order valence-electron chi connectivity index (χ0n) is 18.0. The van der Waals surface area contributed by atoms with E-state index in [1.807, 2.05) is 31.2 Å². The maximum Gasteiger partial charge on any atom is 0.243 e. The van der Waals surface area contributed by atoms with Gasteiger partial charge in [0.15, 0.2) is 0 Å². The van der Waals surface area contributed by atoms with E-state index in [1.165, 1.54) is 8.61 Å². The van der Waals surface area contributed by atoms with Gasteiger partial charge in [0.1, 0.15) is 0 Å². The first-order valence-corrected chi connectivity index (χ1v) is 13.5. The Hall–Kier alpha value is -2.85. The molecule has 0 spiro atoms. The molecular weight excluding hydrogens is 458 g/mol. The summed E-state index contributed by atoms with van der Waals surface area (Å²) in [5.41, 5.74) is 1.55. The van der Waals surface area contributed by atoms with Gasteiger partial charge in [-0.3, -0.25) is 4.98 Å². The van der Waals surface area contributed by atoms with Gasteiger partial charge in [-0.15, -0.1) is 0 Å². The Morgan fingerprint density at radius 2 is 1.39 bits per heavy atom. The van der Waals surface area contributed by atoms with Gasteiger partial charge in [-0.1, -0.05) is 36.4 Å². The molecule has 170 valence electrons. The number of hydrogen-bond acceptors (Lipinski definition) is 5. The molecule has 0 aliphatic carbocycles. The number of sulfonamides is 2. The number of rotatable bonds is 4. The highest BCUT2D eigenvalue weighted by Crippen LogP contribution is 2.29. The molecule has 0 N–H and O–H groups in total. The zero-order valence-corrected chi connectivity index (χ0v) is 19.7. The Bertz CT molecular complexity index is 1580. The minimum Gasteiger partial charge on any atom is -0.256 e. The molecule has 33 heavy (non-hydrogen) atoms. The van der Waals surface area contributed by atoms with Crippen LogP contribution in [0.15, 0.2) is 82.7 Å². The SMILES string of the molecule is Cc1ccc(S(=O)(=O)N2CCN(S(=O)(=O)c3ccc4ccccc4c3)CC2)c2cccnc12. The molecule has 0 atom stereocenters. The van der Waals surface area contributed by atoms with E-state index in [9.17, 15) is 16.8 Å². The normalized spacial score (nSPS) is 16.4. The highest BCUT2D eigenvalue weighted by atomic mass is 32.2. The number of benzene rings is 3. The summed E-state index contributed by atoms with van der Waals surface area (Å²) in [5, 5.41) is 2.38. The van der Waals surface area contributed by atoms with Crippen LogP contribution in [0.2, 0.25) is 0 Å². The number of fused-ring (bicyclic) bond motifs is 2. The van der Waals surface area contributed by atoms with Crippen LogP contribution in [0.3, 0.4) is 0 Å². The van der Waals surface area contributed by atoms with Crippen LogP contribution in [0.5, 0.6) is 0 Å². The van der Waals surface area contributed by atoms with E-state index in [0.29, 0.717) is 10.9 Å². The Balaban J connectivity index is 1.40. The summed E-state index contributed by atoms with van der Waals surface area (Å²) in [4.78, 5) is 4.74. The third-order valence-electron chi connectivity index (χ3n) is 6.11. The number of hydrogen-bond donors (Lipinski definition) is 0. The molecule has 1 aliphatic heterocycles. The second-order valence-electron chi connectivity index (χ2n) is 8.10. The fraction of sp³-hybridized carbons (Fsp3) is 0.208. The molecule has 1 fully saturated rings. The molecule has 0 bridgehead atoms. The van der Waals surface area contributed by atoms with Crippen molar-refractivity contribution < 1.29 is 16.8 Å². The monoisotopic (exact) mass is 481 g/mol. The largest absolute Gasteiger partial charge is 0.256 e. The van der Waals surface area contributed by atoms with Crippen molar-refractivity contribution in [2.24, 2.45) is 0 Å². The molecule has 3 aromatic carbocycles. The molecule has 1 aliphatic rings. The lowest BCUT2D eigenvalue weighted by molar-refractivity contribution is 0.273. The standard InChI is InChI=1S/C24H23N3O4S2/c1-18-8-11-23(22-7-4-12-25-24(18)22)33(30,31)27-15-13-26(14-16-27)32(28,29)21-10-9-19-5-2-3-6-20(19)17-21/h2-12,17H,13-16H2,1H3. The van der Waals surface area contributed by atoms with Crippen LogP contribution < -0.4 is 0 Å². The number of nitrogens with zero attached hydrogens (tertiary/aromatic N) is 3. The lowest BCUT2D eigenvalue weighted by Gasteiger charge is -2.33. The van der Waals surface area contributed by atoms with Crippen molar-refractivity contribution in [3.63, 3.8) is 0 Å². The minimum absolute atomic E-state index is 0.0881. The summed E-state index contributed by atoms with van der Waals surface area (Å²) >= 11 is 0. The van der Waals surface area contributed by atoms with E-state index in [0.717, 1.165) is 16.3 Å². The quantitative estimate of drug-likeness (QED) is 0.446. The number of piperazine rings is 1. The van der Waals surface area contributed by atoms with Crippen LogP contribution in [0.25, 0.3) is 21.7 Å². The number of aromatic nitrogens is 1. The van der Waals surface area contributed by atoms with E-state index in [2.05, 4.69) is 4.98 Å². The topological polar surface area (TPSA) is 87.7 Å². The van der Waals surface area contributed by atoms with Gasteiger partial charge < -0.3 is 0 Å². The average molecular weight is 482 g/mol. The van der Waals surface area contributed by atoms with Crippen LogP contribution in [0.1, 0.15) is 5.56 Å². The van der Waals surface area contributed by atoms with Gasteiger partial charge in [0.2, 0.25) is 20.0 Å². The van der Waals surface area contributed by atoms with Crippen LogP contribution >= 0.6 is 0 Å². The van der Waals surface area contributed by atoms with Gasteiger partial charge in [-0.25, -0.2) is 16.8 Å². The van der Waals surface area contributed by atoms with E-state index < -0.39 is 20.0 Å². The van der Waals surface area contributed by atoms with E-state index >= 15 is 0 Å². The minimum atomic E-state index is -3.80. The molecule has 7 nitrogen and oxygen atoms in total. The summed E-state index contributed by atoms with van der Waals surface area (Å²) in [5.74, 6) is 0. The smallest absolute Gasteiger partial charge is 0.243 e. The van der Waals surface area contributed by atoms with Crippen molar-refractivity contribution in [2.75, 3.05) is 26.2 Å². The second-order valence-corrected chi connectivity index (χ2v) is 11.9. The molecule has 9 heteroatoms. The van der Waals surface area contributed by atoms with Gasteiger partial charge in [-0.2, -0.15) is 8.61 Å². The highest BCUT2D eigenvalue weighted by molar-refractivity contribution is 7.89. The van der Waals surface area contributed by atoms with Crippen molar-refractivity contribution in [1.82, 2.24) is 13.6 Å². The lowest BCUT2D eigenvalue weighted by Crippen LogP contribution is -2.50. The second kappa shape index (κ2) is 8.18. The summed E-state index contributed by atoms with van der Waals surface area (Å²) in [6, 6.07) is 19.5. The molecule has 4 aromatic rings. The first kappa shape index (κ1) is 22.0. The molecule has 1 aromatic heterocycles. The van der Waals surface area contributed by atoms with Crippen LogP contribution in [-0.4, -0.2) is 56.6 Å². The van der Waals surface area contributed by atoms with Crippen molar-refractivity contribution in [3.05, 3.63) is 78.5 Å². The Morgan fingerprint density at radius 3 is 2.12 bits per heavy atom. The molecular formula is C24H23N3O4S2. The summed E-state index contributed by atoms with van der Waals surface area (Å²) in [7, 11) is -7.52. The summed E-state index contributed by atoms with van der Waals surface area (Å²) in [6.07, 6.45) is 1.64. The fourth-order valence-corrected chi connectivity index (χ4v) is 7.34. The van der Waals surface area contributed by atoms with Crippen molar-refractivity contribution in [3.8, 4) is 0 Å². The first-order chi connectivity index (χ1) is 15.8. The molecule has 0 amide bonds. The third kappa shape index (κ3) is 3.80. The Kier molecular flexibility index (Phi) is 5.44. The summed E-state index contributed by atoms with van der Waals surface area (Å²) in [6.45, 7) is 2.25. The van der Waals surface area contributed by atoms with Gasteiger partial charge >= 0.3 is 0 Å².